The molecule has 4 atom stereocenters. The first kappa shape index (κ1) is 93.7. The van der Waals surface area contributed by atoms with Crippen molar-refractivity contribution in [1.29, 1.82) is 0 Å². The molecule has 0 bridgehead atoms. The number of methoxy groups -OCH3 is 1. The van der Waals surface area contributed by atoms with Crippen LogP contribution in [0, 0.1) is 61.2 Å². The second-order valence-electron chi connectivity index (χ2n) is 35.0. The first-order chi connectivity index (χ1) is 70.7. The van der Waals surface area contributed by atoms with Gasteiger partial charge in [0.2, 0.25) is 0 Å². The Bertz CT molecular complexity index is 8110. The number of carboxylic acids is 2. The third-order valence-corrected chi connectivity index (χ3v) is 25.9. The number of aromatic carboxylic acids is 2. The second kappa shape index (κ2) is 40.9. The van der Waals surface area contributed by atoms with Gasteiger partial charge in [-0.2, -0.15) is 0 Å². The van der Waals surface area contributed by atoms with E-state index in [0.29, 0.717) is 22.4 Å². The number of carbonyl (C=O) groups is 3. The van der Waals surface area contributed by atoms with E-state index in [0.717, 1.165) is 196 Å². The lowest BCUT2D eigenvalue weighted by Crippen LogP contribution is -2.13. The Kier molecular flexibility index (Phi) is 26.4. The van der Waals surface area contributed by atoms with Crippen LogP contribution in [0.3, 0.4) is 0 Å². The minimum atomic E-state index is -0.958. The average Bonchev–Trinajstić information content (AvgIpc) is 1.60. The predicted molar refractivity (Wildman–Crippen MR) is 552 cm³/mol. The lowest BCUT2D eigenvalue weighted by atomic mass is 10.0. The maximum Gasteiger partial charge on any atom is 0.337 e. The van der Waals surface area contributed by atoms with Crippen LogP contribution in [0.5, 0.6) is 0 Å². The molecule has 0 aliphatic carbocycles. The Morgan fingerprint density at radius 1 is 0.290 bits per heavy atom. The molecule has 7 aromatic carbocycles. The second-order valence-corrected chi connectivity index (χ2v) is 35.0. The van der Waals surface area contributed by atoms with Crippen LogP contribution in [-0.2, 0) is 4.74 Å². The zero-order valence-electron chi connectivity index (χ0n) is 80.1. The van der Waals surface area contributed by atoms with Gasteiger partial charge in [0, 0.05) is 136 Å². The van der Waals surface area contributed by atoms with Crippen LogP contribution in [-0.4, -0.2) is 114 Å². The zero-order valence-corrected chi connectivity index (χ0v) is 80.1. The van der Waals surface area contributed by atoms with Crippen LogP contribution in [0.25, 0.3) is 122 Å². The minimum absolute atomic E-state index is 0.195. The van der Waals surface area contributed by atoms with Crippen molar-refractivity contribution >= 4 is 62.0 Å². The number of hydrogen-bond donors (Lipinski definition) is 2. The normalized spacial score (nSPS) is 12.1. The standard InChI is InChI=1S/C32H26N4O3.2C31H24N4O3.C24H19FN4O/c1-20-29(21(2)39-35-20)25-17-28-30(34-18-25)26(22-12-14-24(15-13-22)32(37)38-3)19-36(28)31(23-9-5-4-6-10-23)27-11-7-8-16-33-27;2*1-19-28(20(2)38-34-19)24-16-27-29(33-17-24)25(21-11-13-23(14-12-21)31(36)37)18-35(27)30(22-8-4-3-5-9-22)26-10-6-7-15-32-26;1-15-22(16(2)30-28-15)18-12-21-23(27-13-18)19(25)14-29(21)24(17-8-4-3-5-9-17)20-10-6-7-11-26-20/h4-19,31H,1-3H3;2*3-18,30H,1-2H3,(H,36,37);3-14,24H,1-2H3/t;30-;;24-/m.0.0/s1. The molecule has 23 rings (SSSR count). The molecule has 2 N–H and O–H groups in total. The largest absolute Gasteiger partial charge is 0.478 e. The molecule has 0 saturated heterocycles. The third-order valence-electron chi connectivity index (χ3n) is 25.9. The number of fused-ring (bicyclic) bond motifs is 4. The number of pyridine rings is 8. The maximum atomic E-state index is 14.9. The van der Waals surface area contributed by atoms with Crippen molar-refractivity contribution in [3.05, 3.63) is 479 Å². The van der Waals surface area contributed by atoms with Gasteiger partial charge in [0.25, 0.3) is 0 Å². The lowest BCUT2D eigenvalue weighted by Gasteiger charge is -2.20. The molecular weight excluding hydrogens is 1820 g/mol. The number of carbonyl (C=O) groups excluding carboxylic acids is 1. The van der Waals surface area contributed by atoms with E-state index >= 15 is 0 Å². The molecule has 26 nitrogen and oxygen atoms in total. The number of aryl methyl sites for hydroxylation is 8. The summed E-state index contributed by atoms with van der Waals surface area (Å²) in [5.74, 6) is 0.260. The van der Waals surface area contributed by atoms with Crippen LogP contribution >= 0.6 is 0 Å². The number of nitrogens with zero attached hydrogens (tertiary/aromatic N) is 16. The van der Waals surface area contributed by atoms with Crippen LogP contribution in [0.4, 0.5) is 4.39 Å². The van der Waals surface area contributed by atoms with Crippen LogP contribution < -0.4 is 0 Å². The van der Waals surface area contributed by atoms with Gasteiger partial charge in [-0.05, 0) is 204 Å². The molecular formula is C118H93FN16O10. The number of aromatic nitrogens is 16. The van der Waals surface area contributed by atoms with Crippen LogP contribution in [0.1, 0.15) is 146 Å². The molecule has 23 aromatic rings. The minimum Gasteiger partial charge on any atom is -0.478 e. The quantitative estimate of drug-likeness (QED) is 0.0595. The summed E-state index contributed by atoms with van der Waals surface area (Å²) in [5, 5.41) is 35.2. The van der Waals surface area contributed by atoms with Gasteiger partial charge in [0.05, 0.1) is 108 Å². The predicted octanol–water partition coefficient (Wildman–Crippen LogP) is 25.7. The molecule has 712 valence electrons. The number of halogens is 1. The monoisotopic (exact) mass is 1910 g/mol. The topological polar surface area (TPSA) is 328 Å². The molecule has 0 radical (unpaired) electrons. The van der Waals surface area contributed by atoms with E-state index < -0.39 is 11.9 Å². The smallest absolute Gasteiger partial charge is 0.337 e. The van der Waals surface area contributed by atoms with Gasteiger partial charge in [0.15, 0.2) is 5.82 Å². The summed E-state index contributed by atoms with van der Waals surface area (Å²) in [6.45, 7) is 15.2. The van der Waals surface area contributed by atoms with E-state index in [9.17, 15) is 29.0 Å². The molecule has 0 fully saturated rings. The first-order valence-corrected chi connectivity index (χ1v) is 46.8. The fourth-order valence-electron chi connectivity index (χ4n) is 19.2. The number of hydrogen-bond acceptors (Lipinski definition) is 20. The number of esters is 1. The van der Waals surface area contributed by atoms with E-state index in [1.807, 2.05) is 285 Å². The summed E-state index contributed by atoms with van der Waals surface area (Å²) < 4.78 is 50.0. The Morgan fingerprint density at radius 2 is 0.531 bits per heavy atom. The van der Waals surface area contributed by atoms with Crippen molar-refractivity contribution < 1.29 is 51.8 Å². The summed E-state index contributed by atoms with van der Waals surface area (Å²) in [4.78, 5) is 72.9. The molecule has 0 aliphatic heterocycles. The van der Waals surface area contributed by atoms with Gasteiger partial charge in [-0.1, -0.05) is 203 Å². The summed E-state index contributed by atoms with van der Waals surface area (Å²) >= 11 is 0. The Hall–Kier alpha value is -18.9. The molecule has 0 aliphatic rings. The van der Waals surface area contributed by atoms with Crippen LogP contribution in [0.2, 0.25) is 0 Å². The number of benzene rings is 7. The highest BCUT2D eigenvalue weighted by Crippen LogP contribution is 2.45. The fraction of sp³-hybridized carbons (Fsp3) is 0.110. The van der Waals surface area contributed by atoms with Gasteiger partial charge in [0.1, 0.15) is 52.7 Å². The summed E-state index contributed by atoms with van der Waals surface area (Å²) in [7, 11) is 1.38. The number of carboxylic acid groups (broad SMARTS) is 2. The van der Waals surface area contributed by atoms with Crippen molar-refractivity contribution in [1.82, 2.24) is 78.8 Å². The first-order valence-electron chi connectivity index (χ1n) is 46.8. The molecule has 16 aromatic heterocycles. The van der Waals surface area contributed by atoms with Crippen LogP contribution in [0.15, 0.2) is 384 Å². The van der Waals surface area contributed by atoms with Gasteiger partial charge < -0.3 is 51.3 Å². The summed E-state index contributed by atoms with van der Waals surface area (Å²) in [6, 6.07) is 92.9. The molecule has 0 spiro atoms. The maximum absolute atomic E-state index is 14.9. The molecule has 27 heteroatoms. The summed E-state index contributed by atoms with van der Waals surface area (Å²) in [5.41, 5.74) is 30.9. The third kappa shape index (κ3) is 18.8. The molecule has 0 saturated carbocycles. The molecule has 0 amide bonds. The molecule has 16 heterocycles. The number of ether oxygens (including phenoxy) is 1. The van der Waals surface area contributed by atoms with Gasteiger partial charge >= 0.3 is 17.9 Å². The van der Waals surface area contributed by atoms with Crippen molar-refractivity contribution in [3.63, 3.8) is 0 Å². The van der Waals surface area contributed by atoms with E-state index in [4.69, 9.17) is 52.7 Å². The number of rotatable bonds is 22. The molecule has 145 heavy (non-hydrogen) atoms. The highest BCUT2D eigenvalue weighted by Gasteiger charge is 2.31. The Morgan fingerprint density at radius 3 is 0.766 bits per heavy atom. The van der Waals surface area contributed by atoms with E-state index in [2.05, 4.69) is 117 Å². The Labute approximate surface area is 831 Å². The lowest BCUT2D eigenvalue weighted by molar-refractivity contribution is 0.0599. The fourth-order valence-corrected chi connectivity index (χ4v) is 19.2. The van der Waals surface area contributed by atoms with Crippen molar-refractivity contribution in [2.75, 3.05) is 7.11 Å². The van der Waals surface area contributed by atoms with Crippen molar-refractivity contribution in [3.8, 4) is 77.9 Å². The van der Waals surface area contributed by atoms with Gasteiger partial charge in [-0.15, -0.1) is 0 Å². The van der Waals surface area contributed by atoms with E-state index in [-0.39, 0.29) is 47.1 Å². The van der Waals surface area contributed by atoms with Gasteiger partial charge in [-0.25, -0.2) is 18.8 Å². The van der Waals surface area contributed by atoms with Crippen molar-refractivity contribution in [2.24, 2.45) is 0 Å². The van der Waals surface area contributed by atoms with Crippen molar-refractivity contribution in [2.45, 2.75) is 79.6 Å². The van der Waals surface area contributed by atoms with E-state index in [1.54, 1.807) is 61.2 Å². The highest BCUT2D eigenvalue weighted by molar-refractivity contribution is 6.00. The highest BCUT2D eigenvalue weighted by atomic mass is 19.1. The average molecular weight is 1910 g/mol. The summed E-state index contributed by atoms with van der Waals surface area (Å²) in [6.07, 6.45) is 22.2. The zero-order chi connectivity index (χ0) is 100. The molecule has 2 unspecified atom stereocenters. The van der Waals surface area contributed by atoms with E-state index in [1.165, 1.54) is 13.3 Å². The SMILES string of the molecule is COC(=O)c1ccc(-c2cn(C(c3ccccc3)c3ccccn3)c3cc(-c4c(C)noc4C)cnc23)cc1.Cc1noc(C)c1-c1cnc2c(-c3ccc(C(=O)O)cc3)cn(C(c3ccccc3)c3ccccn3)c2c1.Cc1noc(C)c1-c1cnc2c(-c3ccc(C(=O)O)cc3)cn([C@@H](c3ccccc3)c3ccccn3)c2c1.Cc1noc(C)c1-c1cnc2c(F)cn([C@@H](c3ccccc3)c3ccccn3)c2c1. The Balaban J connectivity index is 0.000000118. The van der Waals surface area contributed by atoms with Gasteiger partial charge in [-0.3, -0.25) is 39.9 Å².